The largest absolute Gasteiger partial charge is 0.341 e. The summed E-state index contributed by atoms with van der Waals surface area (Å²) in [5.74, 6) is 3.83. The summed E-state index contributed by atoms with van der Waals surface area (Å²) in [7, 11) is 0. The van der Waals surface area contributed by atoms with E-state index < -0.39 is 0 Å². The molecule has 5 aliphatic rings. The molecular formula is C17H26BrNO. The van der Waals surface area contributed by atoms with Crippen LogP contribution in [0.1, 0.15) is 51.9 Å². The fourth-order valence-electron chi connectivity index (χ4n) is 5.91. The lowest BCUT2D eigenvalue weighted by atomic mass is 9.49. The van der Waals surface area contributed by atoms with E-state index in [1.165, 1.54) is 38.5 Å². The molecule has 0 aromatic rings. The minimum atomic E-state index is 0.0576. The van der Waals surface area contributed by atoms with Crippen molar-refractivity contribution in [3.63, 3.8) is 0 Å². The smallest absolute Gasteiger partial charge is 0.228 e. The van der Waals surface area contributed by atoms with E-state index in [1.807, 2.05) is 0 Å². The maximum atomic E-state index is 13.2. The van der Waals surface area contributed by atoms with Gasteiger partial charge in [-0.25, -0.2) is 0 Å². The molecule has 4 bridgehead atoms. The van der Waals surface area contributed by atoms with E-state index in [0.717, 1.165) is 37.3 Å². The van der Waals surface area contributed by atoms with Crippen LogP contribution < -0.4 is 0 Å². The number of hydrogen-bond acceptors (Lipinski definition) is 1. The van der Waals surface area contributed by atoms with Gasteiger partial charge in [0.2, 0.25) is 5.91 Å². The molecule has 5 rings (SSSR count). The van der Waals surface area contributed by atoms with Crippen molar-refractivity contribution in [3.8, 4) is 0 Å². The molecule has 4 aliphatic carbocycles. The quantitative estimate of drug-likeness (QED) is 0.664. The van der Waals surface area contributed by atoms with E-state index in [0.29, 0.717) is 16.7 Å². The number of hydrogen-bond donors (Lipinski definition) is 0. The monoisotopic (exact) mass is 339 g/mol. The average molecular weight is 340 g/mol. The van der Waals surface area contributed by atoms with Crippen molar-refractivity contribution in [2.75, 3.05) is 13.1 Å². The van der Waals surface area contributed by atoms with Gasteiger partial charge < -0.3 is 4.90 Å². The van der Waals surface area contributed by atoms with E-state index in [4.69, 9.17) is 0 Å². The third-order valence-corrected chi connectivity index (χ3v) is 7.84. The van der Waals surface area contributed by atoms with Gasteiger partial charge in [-0.3, -0.25) is 4.79 Å². The number of amides is 1. The van der Waals surface area contributed by atoms with Gasteiger partial charge in [0.05, 0.1) is 5.41 Å². The number of piperidine rings is 1. The van der Waals surface area contributed by atoms with Crippen molar-refractivity contribution in [1.29, 1.82) is 0 Å². The molecule has 4 saturated carbocycles. The Morgan fingerprint density at radius 1 is 1.10 bits per heavy atom. The van der Waals surface area contributed by atoms with Crippen LogP contribution in [0.15, 0.2) is 0 Å². The maximum absolute atomic E-state index is 13.2. The van der Waals surface area contributed by atoms with Gasteiger partial charge in [-0.05, 0) is 68.6 Å². The highest BCUT2D eigenvalue weighted by atomic mass is 79.9. The SMILES string of the molecule is CC1CCN(C(=O)C23CC4CC(CC(C4)C2)C3)CC1Br. The lowest BCUT2D eigenvalue weighted by Crippen LogP contribution is -2.56. The van der Waals surface area contributed by atoms with Crippen LogP contribution >= 0.6 is 15.9 Å². The first-order valence-corrected chi connectivity index (χ1v) is 9.41. The summed E-state index contributed by atoms with van der Waals surface area (Å²) in [6.45, 7) is 4.22. The molecule has 1 aliphatic heterocycles. The second-order valence-electron chi connectivity index (χ2n) is 8.23. The van der Waals surface area contributed by atoms with Gasteiger partial charge >= 0.3 is 0 Å². The number of carbonyl (C=O) groups excluding carboxylic acids is 1. The van der Waals surface area contributed by atoms with Crippen LogP contribution in [0.25, 0.3) is 0 Å². The molecule has 5 fully saturated rings. The number of carbonyl (C=O) groups is 1. The van der Waals surface area contributed by atoms with Gasteiger partial charge in [0.15, 0.2) is 0 Å². The molecule has 0 radical (unpaired) electrons. The van der Waals surface area contributed by atoms with E-state index in [-0.39, 0.29) is 5.41 Å². The molecule has 2 nitrogen and oxygen atoms in total. The van der Waals surface area contributed by atoms with Crippen LogP contribution in [0, 0.1) is 29.1 Å². The highest BCUT2D eigenvalue weighted by Gasteiger charge is 2.55. The molecule has 2 unspecified atom stereocenters. The number of rotatable bonds is 1. The zero-order valence-corrected chi connectivity index (χ0v) is 14.1. The fraction of sp³-hybridized carbons (Fsp3) is 0.941. The first-order chi connectivity index (χ1) is 9.56. The zero-order chi connectivity index (χ0) is 13.9. The Hall–Kier alpha value is -0.0500. The van der Waals surface area contributed by atoms with Crippen LogP contribution in [-0.4, -0.2) is 28.7 Å². The topological polar surface area (TPSA) is 20.3 Å². The summed E-state index contributed by atoms with van der Waals surface area (Å²) in [5.41, 5.74) is 0.0576. The van der Waals surface area contributed by atoms with Crippen molar-refractivity contribution in [1.82, 2.24) is 4.90 Å². The van der Waals surface area contributed by atoms with Gasteiger partial charge in [0, 0.05) is 17.9 Å². The molecule has 0 aromatic heterocycles. The minimum absolute atomic E-state index is 0.0576. The summed E-state index contributed by atoms with van der Waals surface area (Å²) >= 11 is 3.78. The summed E-state index contributed by atoms with van der Waals surface area (Å²) < 4.78 is 0. The van der Waals surface area contributed by atoms with Gasteiger partial charge in [0.25, 0.3) is 0 Å². The van der Waals surface area contributed by atoms with Crippen LogP contribution in [0.5, 0.6) is 0 Å². The maximum Gasteiger partial charge on any atom is 0.228 e. The Labute approximate surface area is 130 Å². The summed E-state index contributed by atoms with van der Waals surface area (Å²) in [6, 6.07) is 0. The van der Waals surface area contributed by atoms with E-state index in [2.05, 4.69) is 27.8 Å². The lowest BCUT2D eigenvalue weighted by Gasteiger charge is -2.57. The normalized spacial score (nSPS) is 50.5. The van der Waals surface area contributed by atoms with Crippen molar-refractivity contribution >= 4 is 21.8 Å². The summed E-state index contributed by atoms with van der Waals surface area (Å²) in [5, 5.41) is 0. The first-order valence-electron chi connectivity index (χ1n) is 8.49. The van der Waals surface area contributed by atoms with Crippen molar-refractivity contribution in [2.45, 2.75) is 56.7 Å². The van der Waals surface area contributed by atoms with Crippen LogP contribution in [0.3, 0.4) is 0 Å². The molecule has 112 valence electrons. The fourth-order valence-corrected chi connectivity index (χ4v) is 6.53. The molecule has 1 amide bonds. The van der Waals surface area contributed by atoms with E-state index >= 15 is 0 Å². The highest BCUT2D eigenvalue weighted by molar-refractivity contribution is 9.09. The first kappa shape index (κ1) is 13.6. The molecule has 0 N–H and O–H groups in total. The third-order valence-electron chi connectivity index (χ3n) is 6.65. The molecule has 0 spiro atoms. The Morgan fingerprint density at radius 2 is 1.65 bits per heavy atom. The van der Waals surface area contributed by atoms with Gasteiger partial charge in [0.1, 0.15) is 0 Å². The molecule has 1 heterocycles. The third kappa shape index (κ3) is 2.07. The molecule has 3 heteroatoms. The second-order valence-corrected chi connectivity index (χ2v) is 9.41. The summed E-state index contributed by atoms with van der Waals surface area (Å²) in [4.78, 5) is 15.9. The van der Waals surface area contributed by atoms with Gasteiger partial charge in [-0.1, -0.05) is 22.9 Å². The number of likely N-dealkylation sites (tertiary alicyclic amines) is 1. The number of halogens is 1. The van der Waals surface area contributed by atoms with Crippen LogP contribution in [0.4, 0.5) is 0 Å². The highest BCUT2D eigenvalue weighted by Crippen LogP contribution is 2.60. The van der Waals surface area contributed by atoms with Gasteiger partial charge in [-0.2, -0.15) is 0 Å². The average Bonchev–Trinajstić information content (AvgIpc) is 2.39. The van der Waals surface area contributed by atoms with Crippen molar-refractivity contribution in [3.05, 3.63) is 0 Å². The minimum Gasteiger partial charge on any atom is -0.341 e. The zero-order valence-electron chi connectivity index (χ0n) is 12.5. The van der Waals surface area contributed by atoms with Crippen LogP contribution in [-0.2, 0) is 4.79 Å². The molecule has 2 atom stereocenters. The predicted molar refractivity (Wildman–Crippen MR) is 83.7 cm³/mol. The Bertz CT molecular complexity index is 386. The standard InChI is InChI=1S/C17H26BrNO/c1-11-2-3-19(10-15(11)18)16(20)17-7-12-4-13(8-17)6-14(5-12)9-17/h11-15H,2-10H2,1H3. The van der Waals surface area contributed by atoms with Crippen LogP contribution in [0.2, 0.25) is 0 Å². The van der Waals surface area contributed by atoms with E-state index in [9.17, 15) is 4.79 Å². The molecule has 0 aromatic carbocycles. The Kier molecular flexibility index (Phi) is 3.21. The van der Waals surface area contributed by atoms with E-state index in [1.54, 1.807) is 0 Å². The number of alkyl halides is 1. The number of nitrogens with zero attached hydrogens (tertiary/aromatic N) is 1. The molecular weight excluding hydrogens is 314 g/mol. The Balaban J connectivity index is 1.53. The lowest BCUT2D eigenvalue weighted by molar-refractivity contribution is -0.158. The Morgan fingerprint density at radius 3 is 2.15 bits per heavy atom. The van der Waals surface area contributed by atoms with Crippen molar-refractivity contribution < 1.29 is 4.79 Å². The molecule has 1 saturated heterocycles. The van der Waals surface area contributed by atoms with Crippen molar-refractivity contribution in [2.24, 2.45) is 29.1 Å². The second kappa shape index (κ2) is 4.72. The predicted octanol–water partition coefficient (Wildman–Crippen LogP) is 3.83. The van der Waals surface area contributed by atoms with Gasteiger partial charge in [-0.15, -0.1) is 0 Å². The summed E-state index contributed by atoms with van der Waals surface area (Å²) in [6.07, 6.45) is 9.04. The molecule has 20 heavy (non-hydrogen) atoms.